The van der Waals surface area contributed by atoms with Crippen LogP contribution in [0.5, 0.6) is 0 Å². The first-order chi connectivity index (χ1) is 16.3. The van der Waals surface area contributed by atoms with E-state index in [-0.39, 0.29) is 12.5 Å². The molecular formula is C27H22ClF3N2O. The van der Waals surface area contributed by atoms with Crippen LogP contribution in [0.1, 0.15) is 32.7 Å². The molecule has 34 heavy (non-hydrogen) atoms. The van der Waals surface area contributed by atoms with E-state index in [1.807, 2.05) is 53.2 Å². The Hall–Kier alpha value is -3.51. The number of rotatable bonds is 7. The zero-order chi connectivity index (χ0) is 24.1. The fourth-order valence-electron chi connectivity index (χ4n) is 3.76. The van der Waals surface area contributed by atoms with E-state index >= 15 is 0 Å². The molecule has 0 spiro atoms. The highest BCUT2D eigenvalue weighted by atomic mass is 35.5. The van der Waals surface area contributed by atoms with Gasteiger partial charge in [-0.15, -0.1) is 0 Å². The number of halogens is 4. The second kappa shape index (κ2) is 10.2. The van der Waals surface area contributed by atoms with Crippen molar-refractivity contribution in [2.45, 2.75) is 25.8 Å². The summed E-state index contributed by atoms with van der Waals surface area (Å²) in [5.41, 5.74) is 2.15. The molecule has 0 bridgehead atoms. The summed E-state index contributed by atoms with van der Waals surface area (Å²) in [7, 11) is 0. The minimum atomic E-state index is -4.40. The summed E-state index contributed by atoms with van der Waals surface area (Å²) in [6, 6.07) is 25.4. The quantitative estimate of drug-likeness (QED) is 0.277. The second-order valence-corrected chi connectivity index (χ2v) is 8.42. The van der Waals surface area contributed by atoms with Crippen LogP contribution in [0.2, 0.25) is 5.02 Å². The molecule has 1 heterocycles. The number of hydrogen-bond acceptors (Lipinski definition) is 1. The van der Waals surface area contributed by atoms with Gasteiger partial charge in [0.05, 0.1) is 12.1 Å². The maximum Gasteiger partial charge on any atom is 0.416 e. The van der Waals surface area contributed by atoms with Gasteiger partial charge in [0, 0.05) is 35.6 Å². The smallest absolute Gasteiger partial charge is 0.345 e. The Labute approximate surface area is 201 Å². The molecule has 3 aromatic carbocycles. The van der Waals surface area contributed by atoms with Gasteiger partial charge in [-0.25, -0.2) is 0 Å². The standard InChI is InChI=1S/C27H22ClF3N2O/c28-24-13-11-22(12-14-24)26(34)33(17-20-6-2-1-3-7-20)19-25-10-5-15-32(25)18-21-8-4-9-23(16-21)27(29,30)31/h1-16H,17-19H2. The molecule has 1 aromatic heterocycles. The molecule has 0 saturated carbocycles. The predicted octanol–water partition coefficient (Wildman–Crippen LogP) is 7.05. The summed E-state index contributed by atoms with van der Waals surface area (Å²) in [5.74, 6) is -0.160. The predicted molar refractivity (Wildman–Crippen MR) is 126 cm³/mol. The molecular weight excluding hydrogens is 461 g/mol. The first-order valence-corrected chi connectivity index (χ1v) is 11.1. The zero-order valence-corrected chi connectivity index (χ0v) is 18.9. The Bertz CT molecular complexity index is 1250. The fourth-order valence-corrected chi connectivity index (χ4v) is 3.89. The van der Waals surface area contributed by atoms with Crippen molar-refractivity contribution in [1.29, 1.82) is 0 Å². The van der Waals surface area contributed by atoms with Gasteiger partial charge in [0.25, 0.3) is 5.91 Å². The molecule has 0 atom stereocenters. The van der Waals surface area contributed by atoms with Gasteiger partial charge in [-0.3, -0.25) is 4.79 Å². The Morgan fingerprint density at radius 2 is 1.53 bits per heavy atom. The van der Waals surface area contributed by atoms with Crippen LogP contribution in [0.25, 0.3) is 0 Å². The van der Waals surface area contributed by atoms with Gasteiger partial charge in [0.2, 0.25) is 0 Å². The van der Waals surface area contributed by atoms with Crippen LogP contribution in [-0.4, -0.2) is 15.4 Å². The van der Waals surface area contributed by atoms with Crippen LogP contribution in [0.4, 0.5) is 13.2 Å². The third-order valence-electron chi connectivity index (χ3n) is 5.48. The van der Waals surface area contributed by atoms with Crippen LogP contribution in [0, 0.1) is 0 Å². The van der Waals surface area contributed by atoms with Crippen molar-refractivity contribution in [3.8, 4) is 0 Å². The van der Waals surface area contributed by atoms with E-state index in [0.29, 0.717) is 29.2 Å². The average molecular weight is 483 g/mol. The van der Waals surface area contributed by atoms with Crippen LogP contribution in [0.3, 0.4) is 0 Å². The molecule has 0 N–H and O–H groups in total. The lowest BCUT2D eigenvalue weighted by molar-refractivity contribution is -0.137. The van der Waals surface area contributed by atoms with Gasteiger partial charge in [0.1, 0.15) is 0 Å². The highest BCUT2D eigenvalue weighted by molar-refractivity contribution is 6.30. The minimum absolute atomic E-state index is 0.160. The summed E-state index contributed by atoms with van der Waals surface area (Å²) >= 11 is 5.98. The third kappa shape index (κ3) is 5.88. The van der Waals surface area contributed by atoms with Crippen LogP contribution in [-0.2, 0) is 25.8 Å². The van der Waals surface area contributed by atoms with Crippen LogP contribution in [0.15, 0.2) is 97.2 Å². The molecule has 4 aromatic rings. The Morgan fingerprint density at radius 3 is 2.24 bits per heavy atom. The summed E-state index contributed by atoms with van der Waals surface area (Å²) in [6.45, 7) is 0.944. The van der Waals surface area contributed by atoms with Crippen molar-refractivity contribution in [3.05, 3.63) is 130 Å². The summed E-state index contributed by atoms with van der Waals surface area (Å²) < 4.78 is 41.2. The van der Waals surface area contributed by atoms with Crippen LogP contribution >= 0.6 is 11.6 Å². The van der Waals surface area contributed by atoms with Crippen molar-refractivity contribution in [2.75, 3.05) is 0 Å². The SMILES string of the molecule is O=C(c1ccc(Cl)cc1)N(Cc1ccccc1)Cc1cccn1Cc1cccc(C(F)(F)F)c1. The van der Waals surface area contributed by atoms with E-state index in [1.165, 1.54) is 6.07 Å². The first-order valence-electron chi connectivity index (χ1n) is 10.7. The summed E-state index contributed by atoms with van der Waals surface area (Å²) in [6.07, 6.45) is -2.59. The van der Waals surface area contributed by atoms with Gasteiger partial charge >= 0.3 is 6.18 Å². The number of carbonyl (C=O) groups is 1. The van der Waals surface area contributed by atoms with Crippen molar-refractivity contribution in [1.82, 2.24) is 9.47 Å². The number of carbonyl (C=O) groups excluding carboxylic acids is 1. The Morgan fingerprint density at radius 1 is 0.824 bits per heavy atom. The van der Waals surface area contributed by atoms with E-state index < -0.39 is 11.7 Å². The largest absolute Gasteiger partial charge is 0.416 e. The van der Waals surface area contributed by atoms with Crippen molar-refractivity contribution < 1.29 is 18.0 Å². The maximum absolute atomic E-state index is 13.4. The normalized spacial score (nSPS) is 11.4. The summed E-state index contributed by atoms with van der Waals surface area (Å²) in [5, 5.41) is 0.543. The zero-order valence-electron chi connectivity index (χ0n) is 18.2. The number of benzene rings is 3. The molecule has 174 valence electrons. The molecule has 0 radical (unpaired) electrons. The van der Waals surface area contributed by atoms with E-state index in [0.717, 1.165) is 23.4 Å². The van der Waals surface area contributed by atoms with Gasteiger partial charge in [-0.1, -0.05) is 54.1 Å². The molecule has 0 aliphatic rings. The van der Waals surface area contributed by atoms with Crippen molar-refractivity contribution >= 4 is 17.5 Å². The van der Waals surface area contributed by atoms with Crippen molar-refractivity contribution in [2.24, 2.45) is 0 Å². The van der Waals surface area contributed by atoms with Gasteiger partial charge in [-0.2, -0.15) is 13.2 Å². The molecule has 0 fully saturated rings. The lowest BCUT2D eigenvalue weighted by Crippen LogP contribution is -2.31. The number of alkyl halides is 3. The first kappa shape index (κ1) is 23.6. The highest BCUT2D eigenvalue weighted by Gasteiger charge is 2.30. The van der Waals surface area contributed by atoms with Crippen LogP contribution < -0.4 is 0 Å². The molecule has 0 aliphatic heterocycles. The fraction of sp³-hybridized carbons (Fsp3) is 0.148. The lowest BCUT2D eigenvalue weighted by atomic mass is 10.1. The van der Waals surface area contributed by atoms with E-state index in [9.17, 15) is 18.0 Å². The third-order valence-corrected chi connectivity index (χ3v) is 5.73. The van der Waals surface area contributed by atoms with E-state index in [1.54, 1.807) is 35.2 Å². The number of nitrogens with zero attached hydrogens (tertiary/aromatic N) is 2. The Kier molecular flexibility index (Phi) is 7.08. The molecule has 1 amide bonds. The Balaban J connectivity index is 1.59. The molecule has 4 rings (SSSR count). The molecule has 0 aliphatic carbocycles. The maximum atomic E-state index is 13.4. The highest BCUT2D eigenvalue weighted by Crippen LogP contribution is 2.30. The number of amides is 1. The molecule has 0 unspecified atom stereocenters. The van der Waals surface area contributed by atoms with Gasteiger partial charge in [0.15, 0.2) is 0 Å². The molecule has 3 nitrogen and oxygen atoms in total. The van der Waals surface area contributed by atoms with E-state index in [4.69, 9.17) is 11.6 Å². The van der Waals surface area contributed by atoms with Gasteiger partial charge < -0.3 is 9.47 Å². The number of aromatic nitrogens is 1. The molecule has 7 heteroatoms. The topological polar surface area (TPSA) is 25.2 Å². The van der Waals surface area contributed by atoms with Gasteiger partial charge in [-0.05, 0) is 59.7 Å². The molecule has 0 saturated heterocycles. The minimum Gasteiger partial charge on any atom is -0.345 e. The summed E-state index contributed by atoms with van der Waals surface area (Å²) in [4.78, 5) is 15.1. The van der Waals surface area contributed by atoms with Crippen molar-refractivity contribution in [3.63, 3.8) is 0 Å². The monoisotopic (exact) mass is 482 g/mol. The second-order valence-electron chi connectivity index (χ2n) is 7.98. The average Bonchev–Trinajstić information content (AvgIpc) is 3.25. The number of hydrogen-bond donors (Lipinski definition) is 0. The lowest BCUT2D eigenvalue weighted by Gasteiger charge is -2.24. The van der Waals surface area contributed by atoms with E-state index in [2.05, 4.69) is 0 Å².